The number of esters is 1. The SMILES string of the molecule is COC(=O)c1ccc(CN(C(=O)N2C[C@@H](C)N[C@@H](C)C2)c2cccc(C(F)(F)F)c2)cc1. The number of nitrogens with one attached hydrogen (secondary N) is 1. The molecule has 2 aromatic carbocycles. The van der Waals surface area contributed by atoms with Crippen molar-refractivity contribution in [3.05, 3.63) is 65.2 Å². The maximum atomic E-state index is 13.4. The number of carbonyl (C=O) groups excluding carboxylic acids is 2. The number of piperazine rings is 1. The normalized spacial score (nSPS) is 18.9. The quantitative estimate of drug-likeness (QED) is 0.707. The number of urea groups is 1. The third-order valence-corrected chi connectivity index (χ3v) is 5.26. The van der Waals surface area contributed by atoms with Crippen LogP contribution in [0.5, 0.6) is 0 Å². The Hall–Kier alpha value is -3.07. The van der Waals surface area contributed by atoms with Crippen LogP contribution in [-0.2, 0) is 17.5 Å². The summed E-state index contributed by atoms with van der Waals surface area (Å²) in [5.41, 5.74) is 0.342. The lowest BCUT2D eigenvalue weighted by Gasteiger charge is -2.39. The smallest absolute Gasteiger partial charge is 0.416 e. The number of methoxy groups -OCH3 is 1. The van der Waals surface area contributed by atoms with Gasteiger partial charge in [0.15, 0.2) is 0 Å². The number of carbonyl (C=O) groups is 2. The van der Waals surface area contributed by atoms with Crippen molar-refractivity contribution in [1.82, 2.24) is 10.2 Å². The Morgan fingerprint density at radius 1 is 1.09 bits per heavy atom. The lowest BCUT2D eigenvalue weighted by atomic mass is 10.1. The number of anilines is 1. The van der Waals surface area contributed by atoms with E-state index in [2.05, 4.69) is 10.1 Å². The predicted octanol–water partition coefficient (Wildman–Crippen LogP) is 4.30. The van der Waals surface area contributed by atoms with E-state index >= 15 is 0 Å². The summed E-state index contributed by atoms with van der Waals surface area (Å²) in [6.45, 7) is 4.85. The molecule has 0 aromatic heterocycles. The standard InChI is InChI=1S/C23H26F3N3O3/c1-15-12-28(13-16(2)27-15)22(31)29(20-6-4-5-19(11-20)23(24,25)26)14-17-7-9-18(10-8-17)21(30)32-3/h4-11,15-16,27H,12-14H2,1-3H3/t15-,16+. The van der Waals surface area contributed by atoms with Crippen molar-refractivity contribution in [3.8, 4) is 0 Å². The van der Waals surface area contributed by atoms with Crippen LogP contribution in [0.2, 0.25) is 0 Å². The Morgan fingerprint density at radius 2 is 1.72 bits per heavy atom. The zero-order chi connectivity index (χ0) is 23.5. The molecular weight excluding hydrogens is 423 g/mol. The summed E-state index contributed by atoms with van der Waals surface area (Å²) in [7, 11) is 1.28. The van der Waals surface area contributed by atoms with Gasteiger partial charge >= 0.3 is 18.2 Å². The van der Waals surface area contributed by atoms with E-state index in [1.165, 1.54) is 24.1 Å². The summed E-state index contributed by atoms with van der Waals surface area (Å²) in [6, 6.07) is 10.9. The molecule has 0 saturated carbocycles. The molecule has 1 N–H and O–H groups in total. The number of rotatable bonds is 4. The monoisotopic (exact) mass is 449 g/mol. The van der Waals surface area contributed by atoms with E-state index in [0.29, 0.717) is 24.2 Å². The van der Waals surface area contributed by atoms with Crippen LogP contribution in [0.25, 0.3) is 0 Å². The van der Waals surface area contributed by atoms with Crippen molar-refractivity contribution in [2.24, 2.45) is 0 Å². The second-order valence-corrected chi connectivity index (χ2v) is 7.98. The summed E-state index contributed by atoms with van der Waals surface area (Å²) in [4.78, 5) is 28.1. The Balaban J connectivity index is 1.94. The average Bonchev–Trinajstić information content (AvgIpc) is 2.75. The molecule has 6 nitrogen and oxygen atoms in total. The fourth-order valence-electron chi connectivity index (χ4n) is 3.82. The Kier molecular flexibility index (Phi) is 7.08. The first kappa shape index (κ1) is 23.6. The molecule has 1 aliphatic heterocycles. The number of alkyl halides is 3. The van der Waals surface area contributed by atoms with Gasteiger partial charge in [-0.05, 0) is 49.7 Å². The first-order valence-corrected chi connectivity index (χ1v) is 10.3. The van der Waals surface area contributed by atoms with Gasteiger partial charge in [0.25, 0.3) is 0 Å². The first-order valence-electron chi connectivity index (χ1n) is 10.3. The fraction of sp³-hybridized carbons (Fsp3) is 0.391. The van der Waals surface area contributed by atoms with Gasteiger partial charge in [-0.15, -0.1) is 0 Å². The van der Waals surface area contributed by atoms with E-state index in [-0.39, 0.29) is 30.3 Å². The Morgan fingerprint density at radius 3 is 2.28 bits per heavy atom. The summed E-state index contributed by atoms with van der Waals surface area (Å²) >= 11 is 0. The lowest BCUT2D eigenvalue weighted by Crippen LogP contribution is -2.58. The second kappa shape index (κ2) is 9.60. The third-order valence-electron chi connectivity index (χ3n) is 5.26. The molecule has 1 heterocycles. The van der Waals surface area contributed by atoms with Crippen molar-refractivity contribution < 1.29 is 27.5 Å². The van der Waals surface area contributed by atoms with Crippen molar-refractivity contribution in [2.45, 2.75) is 38.7 Å². The van der Waals surface area contributed by atoms with E-state index in [1.807, 2.05) is 13.8 Å². The van der Waals surface area contributed by atoms with E-state index in [4.69, 9.17) is 0 Å². The van der Waals surface area contributed by atoms with Gasteiger partial charge in [0.05, 0.1) is 24.8 Å². The molecule has 3 rings (SSSR count). The van der Waals surface area contributed by atoms with Gasteiger partial charge in [-0.25, -0.2) is 9.59 Å². The molecule has 2 amide bonds. The minimum atomic E-state index is -4.52. The summed E-state index contributed by atoms with van der Waals surface area (Å²) < 4.78 is 44.6. The van der Waals surface area contributed by atoms with Crippen molar-refractivity contribution >= 4 is 17.7 Å². The predicted molar refractivity (Wildman–Crippen MR) is 114 cm³/mol. The van der Waals surface area contributed by atoms with Gasteiger partial charge in [-0.1, -0.05) is 18.2 Å². The molecule has 2 aromatic rings. The van der Waals surface area contributed by atoms with E-state index in [9.17, 15) is 22.8 Å². The number of nitrogens with zero attached hydrogens (tertiary/aromatic N) is 2. The van der Waals surface area contributed by atoms with Gasteiger partial charge in [0, 0.05) is 30.9 Å². The number of hydrogen-bond acceptors (Lipinski definition) is 4. The van der Waals surface area contributed by atoms with Crippen LogP contribution >= 0.6 is 0 Å². The van der Waals surface area contributed by atoms with Crippen LogP contribution in [-0.4, -0.2) is 49.2 Å². The maximum absolute atomic E-state index is 13.4. The summed E-state index contributed by atoms with van der Waals surface area (Å²) in [5, 5.41) is 3.34. The number of ether oxygens (including phenoxy) is 1. The highest BCUT2D eigenvalue weighted by molar-refractivity contribution is 5.92. The number of hydrogen-bond donors (Lipinski definition) is 1. The van der Waals surface area contributed by atoms with Crippen LogP contribution < -0.4 is 10.2 Å². The number of amides is 2. The van der Waals surface area contributed by atoms with Gasteiger partial charge in [-0.3, -0.25) is 4.90 Å². The number of halogens is 3. The van der Waals surface area contributed by atoms with Gasteiger partial charge < -0.3 is 15.0 Å². The highest BCUT2D eigenvalue weighted by atomic mass is 19.4. The molecule has 2 atom stereocenters. The van der Waals surface area contributed by atoms with Crippen molar-refractivity contribution in [3.63, 3.8) is 0 Å². The van der Waals surface area contributed by atoms with Crippen molar-refractivity contribution in [1.29, 1.82) is 0 Å². The molecule has 1 saturated heterocycles. The van der Waals surface area contributed by atoms with E-state index < -0.39 is 17.7 Å². The largest absolute Gasteiger partial charge is 0.465 e. The third kappa shape index (κ3) is 5.59. The Bertz CT molecular complexity index is 953. The van der Waals surface area contributed by atoms with E-state index in [1.54, 1.807) is 29.2 Å². The van der Waals surface area contributed by atoms with Crippen LogP contribution in [0.15, 0.2) is 48.5 Å². The fourth-order valence-corrected chi connectivity index (χ4v) is 3.82. The minimum Gasteiger partial charge on any atom is -0.465 e. The Labute approximate surface area is 184 Å². The molecular formula is C23H26F3N3O3. The van der Waals surface area contributed by atoms with Gasteiger partial charge in [0.2, 0.25) is 0 Å². The molecule has 9 heteroatoms. The maximum Gasteiger partial charge on any atom is 0.416 e. The average molecular weight is 449 g/mol. The van der Waals surface area contributed by atoms with Crippen molar-refractivity contribution in [2.75, 3.05) is 25.1 Å². The molecule has 0 bridgehead atoms. The molecule has 1 aliphatic rings. The minimum absolute atomic E-state index is 0.0499. The lowest BCUT2D eigenvalue weighted by molar-refractivity contribution is -0.137. The first-order chi connectivity index (χ1) is 15.1. The van der Waals surface area contributed by atoms with Crippen LogP contribution in [0.1, 0.15) is 35.3 Å². The van der Waals surface area contributed by atoms with E-state index in [0.717, 1.165) is 12.1 Å². The van der Waals surface area contributed by atoms with Crippen LogP contribution in [0.3, 0.4) is 0 Å². The molecule has 0 unspecified atom stereocenters. The van der Waals surface area contributed by atoms with Gasteiger partial charge in [0.1, 0.15) is 0 Å². The molecule has 0 spiro atoms. The summed E-state index contributed by atoms with van der Waals surface area (Å²) in [6.07, 6.45) is -4.52. The second-order valence-electron chi connectivity index (χ2n) is 7.98. The molecule has 32 heavy (non-hydrogen) atoms. The van der Waals surface area contributed by atoms with Crippen LogP contribution in [0.4, 0.5) is 23.7 Å². The number of benzene rings is 2. The van der Waals surface area contributed by atoms with Gasteiger partial charge in [-0.2, -0.15) is 13.2 Å². The molecule has 1 fully saturated rings. The highest BCUT2D eigenvalue weighted by Gasteiger charge is 2.33. The molecule has 0 aliphatic carbocycles. The van der Waals surface area contributed by atoms with Crippen LogP contribution in [0, 0.1) is 0 Å². The topological polar surface area (TPSA) is 61.9 Å². The summed E-state index contributed by atoms with van der Waals surface area (Å²) in [5.74, 6) is -0.494. The highest BCUT2D eigenvalue weighted by Crippen LogP contribution is 2.32. The zero-order valence-electron chi connectivity index (χ0n) is 18.1. The molecule has 172 valence electrons. The zero-order valence-corrected chi connectivity index (χ0v) is 18.1. The molecule has 0 radical (unpaired) electrons.